The number of rotatable bonds is 3. The van der Waals surface area contributed by atoms with Gasteiger partial charge in [-0.3, -0.25) is 24.8 Å². The van der Waals surface area contributed by atoms with Gasteiger partial charge in [0.25, 0.3) is 18.7 Å². The van der Waals surface area contributed by atoms with Crippen LogP contribution in [0.5, 0.6) is 0 Å². The van der Waals surface area contributed by atoms with E-state index in [0.29, 0.717) is 11.4 Å². The first-order valence-corrected chi connectivity index (χ1v) is 8.00. The van der Waals surface area contributed by atoms with Crippen molar-refractivity contribution in [2.75, 3.05) is 12.4 Å². The summed E-state index contributed by atoms with van der Waals surface area (Å²) in [6, 6.07) is 7.75. The summed E-state index contributed by atoms with van der Waals surface area (Å²) in [6.45, 7) is 0. The summed E-state index contributed by atoms with van der Waals surface area (Å²) >= 11 is 0. The van der Waals surface area contributed by atoms with E-state index in [1.165, 1.54) is 31.4 Å². The zero-order chi connectivity index (χ0) is 16.8. The van der Waals surface area contributed by atoms with Crippen molar-refractivity contribution in [3.8, 4) is 0 Å². The molecule has 0 fully saturated rings. The Bertz CT molecular complexity index is 830. The first-order chi connectivity index (χ1) is 10.9. The third-order valence-corrected chi connectivity index (χ3v) is 6.07. The van der Waals surface area contributed by atoms with Crippen molar-refractivity contribution < 1.29 is 18.9 Å². The minimum absolute atomic E-state index is 0.113. The second-order valence-corrected chi connectivity index (χ2v) is 7.21. The molecule has 118 valence electrons. The van der Waals surface area contributed by atoms with Gasteiger partial charge in [0.2, 0.25) is 0 Å². The smallest absolute Gasteiger partial charge is 0.270 e. The van der Waals surface area contributed by atoms with Crippen molar-refractivity contribution in [1.82, 2.24) is 0 Å². The standard InChI is InChI=1S/C13H10N3O6P/c1-22-23(21)12-6-8(15(17)18)2-4-10(12)14-11-5-3-9(16(19)20)7-13(11)23/h2-7,14H,1H3. The molecule has 0 aromatic heterocycles. The first-order valence-electron chi connectivity index (χ1n) is 6.37. The topological polar surface area (TPSA) is 125 Å². The minimum atomic E-state index is -3.68. The fourth-order valence-electron chi connectivity index (χ4n) is 2.44. The molecule has 2 aromatic rings. The van der Waals surface area contributed by atoms with Crippen LogP contribution in [0.3, 0.4) is 0 Å². The molecule has 3 rings (SSSR count). The molecule has 0 spiro atoms. The van der Waals surface area contributed by atoms with Crippen LogP contribution in [0.1, 0.15) is 0 Å². The van der Waals surface area contributed by atoms with E-state index in [2.05, 4.69) is 5.32 Å². The van der Waals surface area contributed by atoms with Crippen molar-refractivity contribution in [2.45, 2.75) is 0 Å². The fraction of sp³-hybridized carbons (Fsp3) is 0.0769. The van der Waals surface area contributed by atoms with Gasteiger partial charge in [0.15, 0.2) is 0 Å². The summed E-state index contributed by atoms with van der Waals surface area (Å²) in [6.07, 6.45) is 0. The number of hydrogen-bond donors (Lipinski definition) is 1. The monoisotopic (exact) mass is 335 g/mol. The maximum atomic E-state index is 13.3. The minimum Gasteiger partial charge on any atom is -0.354 e. The van der Waals surface area contributed by atoms with Gasteiger partial charge >= 0.3 is 0 Å². The number of nitro groups is 2. The highest BCUT2D eigenvalue weighted by Gasteiger charge is 2.38. The summed E-state index contributed by atoms with van der Waals surface area (Å²) in [5, 5.41) is 25.1. The number of fused-ring (bicyclic) bond motifs is 2. The molecule has 0 atom stereocenters. The highest BCUT2D eigenvalue weighted by atomic mass is 31.2. The Labute approximate surface area is 129 Å². The van der Waals surface area contributed by atoms with Gasteiger partial charge in [0, 0.05) is 31.4 Å². The molecule has 1 aliphatic heterocycles. The second-order valence-electron chi connectivity index (χ2n) is 4.78. The lowest BCUT2D eigenvalue weighted by Gasteiger charge is -2.27. The Morgan fingerprint density at radius 1 is 0.957 bits per heavy atom. The van der Waals surface area contributed by atoms with Crippen LogP contribution in [0.15, 0.2) is 36.4 Å². The van der Waals surface area contributed by atoms with Crippen molar-refractivity contribution in [3.63, 3.8) is 0 Å². The zero-order valence-electron chi connectivity index (χ0n) is 11.8. The Morgan fingerprint density at radius 3 is 1.74 bits per heavy atom. The number of benzene rings is 2. The number of nitro benzene ring substituents is 2. The van der Waals surface area contributed by atoms with Gasteiger partial charge < -0.3 is 9.84 Å². The number of nitrogens with zero attached hydrogens (tertiary/aromatic N) is 2. The van der Waals surface area contributed by atoms with E-state index in [-0.39, 0.29) is 22.0 Å². The summed E-state index contributed by atoms with van der Waals surface area (Å²) < 4.78 is 18.5. The van der Waals surface area contributed by atoms with E-state index in [1.807, 2.05) is 0 Å². The molecular weight excluding hydrogens is 325 g/mol. The van der Waals surface area contributed by atoms with E-state index in [9.17, 15) is 24.8 Å². The molecule has 0 saturated heterocycles. The highest BCUT2D eigenvalue weighted by molar-refractivity contribution is 7.75. The molecule has 0 amide bonds. The third-order valence-electron chi connectivity index (χ3n) is 3.55. The summed E-state index contributed by atoms with van der Waals surface area (Å²) in [5.41, 5.74) is 0.331. The van der Waals surface area contributed by atoms with E-state index >= 15 is 0 Å². The van der Waals surface area contributed by atoms with Crippen molar-refractivity contribution in [1.29, 1.82) is 0 Å². The van der Waals surface area contributed by atoms with Crippen LogP contribution in [-0.4, -0.2) is 17.0 Å². The number of non-ortho nitro benzene ring substituents is 2. The SMILES string of the molecule is COP1(=O)c2cc([N+](=O)[O-])ccc2Nc2ccc([N+](=O)[O-])cc21. The average Bonchev–Trinajstić information content (AvgIpc) is 2.54. The molecule has 9 nitrogen and oxygen atoms in total. The van der Waals surface area contributed by atoms with Gasteiger partial charge in [0.1, 0.15) is 0 Å². The first kappa shape index (κ1) is 15.1. The number of nitrogens with one attached hydrogen (secondary N) is 1. The molecule has 0 unspecified atom stereocenters. The third kappa shape index (κ3) is 2.26. The lowest BCUT2D eigenvalue weighted by Crippen LogP contribution is -2.28. The van der Waals surface area contributed by atoms with Crippen molar-refractivity contribution in [3.05, 3.63) is 56.6 Å². The van der Waals surface area contributed by atoms with E-state index < -0.39 is 17.2 Å². The second kappa shape index (κ2) is 5.15. The summed E-state index contributed by atoms with van der Waals surface area (Å²) in [7, 11) is -2.47. The fourth-order valence-corrected chi connectivity index (χ4v) is 4.59. The largest absolute Gasteiger partial charge is 0.354 e. The van der Waals surface area contributed by atoms with E-state index in [4.69, 9.17) is 4.52 Å². The predicted molar refractivity (Wildman–Crippen MR) is 83.4 cm³/mol. The van der Waals surface area contributed by atoms with Crippen LogP contribution in [0.25, 0.3) is 0 Å². The molecule has 23 heavy (non-hydrogen) atoms. The molecule has 0 saturated carbocycles. The Kier molecular flexibility index (Phi) is 3.39. The van der Waals surface area contributed by atoms with Crippen molar-refractivity contribution >= 4 is 40.7 Å². The van der Waals surface area contributed by atoms with Crippen molar-refractivity contribution in [2.24, 2.45) is 0 Å². The van der Waals surface area contributed by atoms with Crippen LogP contribution in [0.2, 0.25) is 0 Å². The van der Waals surface area contributed by atoms with Crippen LogP contribution in [0.4, 0.5) is 22.7 Å². The lowest BCUT2D eigenvalue weighted by molar-refractivity contribution is -0.384. The normalized spacial score (nSPS) is 14.3. The number of anilines is 2. The van der Waals surface area contributed by atoms with Gasteiger partial charge in [-0.1, -0.05) is 0 Å². The van der Waals surface area contributed by atoms with Crippen LogP contribution >= 0.6 is 7.37 Å². The molecular formula is C13H10N3O6P. The Hall–Kier alpha value is -2.77. The molecule has 1 aliphatic rings. The van der Waals surface area contributed by atoms with E-state index in [0.717, 1.165) is 12.1 Å². The van der Waals surface area contributed by atoms with Gasteiger partial charge in [0.05, 0.1) is 31.8 Å². The molecule has 10 heteroatoms. The van der Waals surface area contributed by atoms with Gasteiger partial charge in [-0.25, -0.2) is 0 Å². The molecule has 0 radical (unpaired) electrons. The molecule has 0 aliphatic carbocycles. The quantitative estimate of drug-likeness (QED) is 0.519. The van der Waals surface area contributed by atoms with Gasteiger partial charge in [-0.2, -0.15) is 0 Å². The molecule has 1 N–H and O–H groups in total. The Balaban J connectivity index is 2.27. The lowest BCUT2D eigenvalue weighted by atomic mass is 10.2. The predicted octanol–water partition coefficient (Wildman–Crippen LogP) is 2.44. The van der Waals surface area contributed by atoms with Gasteiger partial charge in [-0.15, -0.1) is 0 Å². The summed E-state index contributed by atoms with van der Waals surface area (Å²) in [5.74, 6) is 0. The maximum Gasteiger partial charge on any atom is 0.270 e. The summed E-state index contributed by atoms with van der Waals surface area (Å²) in [4.78, 5) is 20.7. The van der Waals surface area contributed by atoms with E-state index in [1.54, 1.807) is 0 Å². The Morgan fingerprint density at radius 2 is 1.39 bits per heavy atom. The average molecular weight is 335 g/mol. The van der Waals surface area contributed by atoms with Crippen LogP contribution < -0.4 is 15.9 Å². The molecule has 2 aromatic carbocycles. The van der Waals surface area contributed by atoms with Crippen LogP contribution in [-0.2, 0) is 9.09 Å². The van der Waals surface area contributed by atoms with Gasteiger partial charge in [-0.05, 0) is 12.1 Å². The zero-order valence-corrected chi connectivity index (χ0v) is 12.6. The molecule has 1 heterocycles. The van der Waals surface area contributed by atoms with Crippen LogP contribution in [0, 0.1) is 20.2 Å². The maximum absolute atomic E-state index is 13.3. The highest BCUT2D eigenvalue weighted by Crippen LogP contribution is 2.52. The number of hydrogen-bond acceptors (Lipinski definition) is 7. The molecule has 0 bridgehead atoms.